The highest BCUT2D eigenvalue weighted by molar-refractivity contribution is 5.76. The Morgan fingerprint density at radius 2 is 2.11 bits per heavy atom. The van der Waals surface area contributed by atoms with Crippen LogP contribution in [-0.2, 0) is 11.2 Å². The van der Waals surface area contributed by atoms with E-state index >= 15 is 0 Å². The van der Waals surface area contributed by atoms with Crippen molar-refractivity contribution < 1.29 is 4.79 Å². The summed E-state index contributed by atoms with van der Waals surface area (Å²) in [4.78, 5) is 18.0. The Bertz CT molecular complexity index is 398. The van der Waals surface area contributed by atoms with Gasteiger partial charge < -0.3 is 10.6 Å². The maximum atomic E-state index is 12.0. The Morgan fingerprint density at radius 3 is 2.63 bits per heavy atom. The van der Waals surface area contributed by atoms with E-state index in [9.17, 15) is 4.79 Å². The zero-order valence-electron chi connectivity index (χ0n) is 12.4. The Morgan fingerprint density at radius 1 is 1.42 bits per heavy atom. The summed E-state index contributed by atoms with van der Waals surface area (Å²) >= 11 is 0. The van der Waals surface area contributed by atoms with Crippen LogP contribution in [0.1, 0.15) is 32.9 Å². The molecule has 1 rings (SSSR count). The van der Waals surface area contributed by atoms with Gasteiger partial charge >= 0.3 is 0 Å². The SMILES string of the molecule is CN(CCc1ccccn1)C(=O)CC(N)C(C)(C)C. The summed E-state index contributed by atoms with van der Waals surface area (Å²) in [5, 5.41) is 0. The number of pyridine rings is 1. The highest BCUT2D eigenvalue weighted by atomic mass is 16.2. The van der Waals surface area contributed by atoms with E-state index in [1.807, 2.05) is 25.2 Å². The zero-order valence-corrected chi connectivity index (χ0v) is 12.4. The summed E-state index contributed by atoms with van der Waals surface area (Å²) in [7, 11) is 1.82. The van der Waals surface area contributed by atoms with E-state index in [1.54, 1.807) is 11.1 Å². The Labute approximate surface area is 116 Å². The zero-order chi connectivity index (χ0) is 14.5. The molecule has 0 aliphatic carbocycles. The molecule has 0 saturated heterocycles. The average molecular weight is 263 g/mol. The number of carbonyl (C=O) groups excluding carboxylic acids is 1. The number of likely N-dealkylation sites (N-methyl/N-ethyl adjacent to an activating group) is 1. The van der Waals surface area contributed by atoms with Crippen LogP contribution in [0.4, 0.5) is 0 Å². The number of aromatic nitrogens is 1. The topological polar surface area (TPSA) is 59.2 Å². The average Bonchev–Trinajstić information content (AvgIpc) is 2.35. The molecule has 106 valence electrons. The highest BCUT2D eigenvalue weighted by Gasteiger charge is 2.24. The van der Waals surface area contributed by atoms with Crippen LogP contribution >= 0.6 is 0 Å². The molecule has 0 aliphatic heterocycles. The van der Waals surface area contributed by atoms with Gasteiger partial charge in [0.1, 0.15) is 0 Å². The van der Waals surface area contributed by atoms with Gasteiger partial charge in [0, 0.05) is 44.4 Å². The number of amides is 1. The molecule has 1 amide bonds. The number of rotatable bonds is 5. The van der Waals surface area contributed by atoms with Gasteiger partial charge in [0.15, 0.2) is 0 Å². The maximum Gasteiger partial charge on any atom is 0.223 e. The molecule has 0 aromatic carbocycles. The summed E-state index contributed by atoms with van der Waals surface area (Å²) in [6.07, 6.45) is 2.93. The van der Waals surface area contributed by atoms with Gasteiger partial charge in [0.25, 0.3) is 0 Å². The van der Waals surface area contributed by atoms with Gasteiger partial charge in [-0.15, -0.1) is 0 Å². The van der Waals surface area contributed by atoms with Crippen LogP contribution in [0.5, 0.6) is 0 Å². The van der Waals surface area contributed by atoms with Crippen molar-refractivity contribution in [3.63, 3.8) is 0 Å². The van der Waals surface area contributed by atoms with Gasteiger partial charge in [-0.3, -0.25) is 9.78 Å². The second-order valence-corrected chi connectivity index (χ2v) is 6.06. The number of nitrogens with two attached hydrogens (primary N) is 1. The molecule has 0 fully saturated rings. The summed E-state index contributed by atoms with van der Waals surface area (Å²) in [5.74, 6) is 0.0957. The van der Waals surface area contributed by atoms with Gasteiger partial charge in [-0.1, -0.05) is 26.8 Å². The predicted octanol–water partition coefficient (Wildman–Crippen LogP) is 1.85. The number of nitrogens with zero attached hydrogens (tertiary/aromatic N) is 2. The van der Waals surface area contributed by atoms with Crippen LogP contribution in [-0.4, -0.2) is 35.4 Å². The van der Waals surface area contributed by atoms with Crippen molar-refractivity contribution in [1.82, 2.24) is 9.88 Å². The molecular formula is C15H25N3O. The molecule has 0 saturated carbocycles. The molecule has 4 heteroatoms. The van der Waals surface area contributed by atoms with Crippen LogP contribution in [0, 0.1) is 5.41 Å². The fraction of sp³-hybridized carbons (Fsp3) is 0.600. The molecule has 0 spiro atoms. The van der Waals surface area contributed by atoms with Crippen molar-refractivity contribution in [2.45, 2.75) is 39.7 Å². The molecule has 1 unspecified atom stereocenters. The van der Waals surface area contributed by atoms with Crippen molar-refractivity contribution in [2.75, 3.05) is 13.6 Å². The molecule has 19 heavy (non-hydrogen) atoms. The van der Waals surface area contributed by atoms with Crippen LogP contribution in [0.15, 0.2) is 24.4 Å². The van der Waals surface area contributed by atoms with E-state index in [4.69, 9.17) is 5.73 Å². The lowest BCUT2D eigenvalue weighted by atomic mass is 9.85. The summed E-state index contributed by atoms with van der Waals surface area (Å²) in [6, 6.07) is 5.71. The van der Waals surface area contributed by atoms with Gasteiger partial charge in [-0.25, -0.2) is 0 Å². The summed E-state index contributed by atoms with van der Waals surface area (Å²) < 4.78 is 0. The predicted molar refractivity (Wildman–Crippen MR) is 77.6 cm³/mol. The molecule has 0 radical (unpaired) electrons. The molecule has 0 aliphatic rings. The minimum atomic E-state index is -0.114. The third kappa shape index (κ3) is 5.39. The van der Waals surface area contributed by atoms with Crippen molar-refractivity contribution >= 4 is 5.91 Å². The van der Waals surface area contributed by atoms with Crippen molar-refractivity contribution in [2.24, 2.45) is 11.1 Å². The van der Waals surface area contributed by atoms with E-state index < -0.39 is 0 Å². The van der Waals surface area contributed by atoms with E-state index in [2.05, 4.69) is 25.8 Å². The van der Waals surface area contributed by atoms with Crippen molar-refractivity contribution in [3.8, 4) is 0 Å². The van der Waals surface area contributed by atoms with E-state index in [0.29, 0.717) is 13.0 Å². The van der Waals surface area contributed by atoms with Gasteiger partial charge in [0.2, 0.25) is 5.91 Å². The monoisotopic (exact) mass is 263 g/mol. The molecule has 1 aromatic heterocycles. The number of hydrogen-bond acceptors (Lipinski definition) is 3. The van der Waals surface area contributed by atoms with Crippen molar-refractivity contribution in [3.05, 3.63) is 30.1 Å². The Hall–Kier alpha value is -1.42. The molecule has 1 aromatic rings. The molecule has 4 nitrogen and oxygen atoms in total. The van der Waals surface area contributed by atoms with Crippen LogP contribution in [0.25, 0.3) is 0 Å². The van der Waals surface area contributed by atoms with Crippen LogP contribution in [0.3, 0.4) is 0 Å². The first-order chi connectivity index (χ1) is 8.80. The van der Waals surface area contributed by atoms with Crippen LogP contribution in [0.2, 0.25) is 0 Å². The van der Waals surface area contributed by atoms with Crippen LogP contribution < -0.4 is 5.73 Å². The first-order valence-corrected chi connectivity index (χ1v) is 6.70. The highest BCUT2D eigenvalue weighted by Crippen LogP contribution is 2.20. The Kier molecular flexibility index (Phi) is 5.48. The largest absolute Gasteiger partial charge is 0.345 e. The van der Waals surface area contributed by atoms with E-state index in [-0.39, 0.29) is 17.4 Å². The second-order valence-electron chi connectivity index (χ2n) is 6.06. The fourth-order valence-corrected chi connectivity index (χ4v) is 1.60. The summed E-state index contributed by atoms with van der Waals surface area (Å²) in [5.41, 5.74) is 6.99. The minimum Gasteiger partial charge on any atom is -0.345 e. The molecular weight excluding hydrogens is 238 g/mol. The molecule has 2 N–H and O–H groups in total. The maximum absolute atomic E-state index is 12.0. The smallest absolute Gasteiger partial charge is 0.223 e. The Balaban J connectivity index is 2.41. The first kappa shape index (κ1) is 15.6. The van der Waals surface area contributed by atoms with Crippen molar-refractivity contribution in [1.29, 1.82) is 0 Å². The number of hydrogen-bond donors (Lipinski definition) is 1. The third-order valence-corrected chi connectivity index (χ3v) is 3.36. The second kappa shape index (κ2) is 6.66. The van der Waals surface area contributed by atoms with Gasteiger partial charge in [0.05, 0.1) is 0 Å². The fourth-order valence-electron chi connectivity index (χ4n) is 1.60. The quantitative estimate of drug-likeness (QED) is 0.882. The third-order valence-electron chi connectivity index (χ3n) is 3.36. The minimum absolute atomic E-state index is 0.0442. The molecule has 1 atom stereocenters. The lowest BCUT2D eigenvalue weighted by Gasteiger charge is -2.28. The normalized spacial score (nSPS) is 13.1. The lowest BCUT2D eigenvalue weighted by Crippen LogP contribution is -2.41. The molecule has 1 heterocycles. The lowest BCUT2D eigenvalue weighted by molar-refractivity contribution is -0.130. The summed E-state index contributed by atoms with van der Waals surface area (Å²) in [6.45, 7) is 6.84. The van der Waals surface area contributed by atoms with Gasteiger partial charge in [-0.05, 0) is 17.5 Å². The van der Waals surface area contributed by atoms with Gasteiger partial charge in [-0.2, -0.15) is 0 Å². The number of carbonyl (C=O) groups is 1. The van der Waals surface area contributed by atoms with E-state index in [1.165, 1.54) is 0 Å². The van der Waals surface area contributed by atoms with E-state index in [0.717, 1.165) is 12.1 Å². The molecule has 0 bridgehead atoms. The standard InChI is InChI=1S/C15H25N3O/c1-15(2,3)13(16)11-14(19)18(4)10-8-12-7-5-6-9-17-12/h5-7,9,13H,8,10-11,16H2,1-4H3. The first-order valence-electron chi connectivity index (χ1n) is 6.70.